The molecular weight excluding hydrogens is 446 g/mol. The highest BCUT2D eigenvalue weighted by Crippen LogP contribution is 2.31. The van der Waals surface area contributed by atoms with Crippen molar-refractivity contribution in [2.75, 3.05) is 56.0 Å². The van der Waals surface area contributed by atoms with Crippen LogP contribution in [0.5, 0.6) is 0 Å². The third kappa shape index (κ3) is 7.32. The van der Waals surface area contributed by atoms with Gasteiger partial charge in [-0.1, -0.05) is 32.1 Å². The fourth-order valence-electron chi connectivity index (χ4n) is 7.19. The first-order valence-electron chi connectivity index (χ1n) is 15.4. The molecule has 1 aromatic rings. The first kappa shape index (κ1) is 26.2. The van der Waals surface area contributed by atoms with Crippen molar-refractivity contribution in [3.05, 3.63) is 12.3 Å². The zero-order chi connectivity index (χ0) is 24.4. The van der Waals surface area contributed by atoms with Gasteiger partial charge in [-0.15, -0.1) is 0 Å². The monoisotopic (exact) mass is 497 g/mol. The van der Waals surface area contributed by atoms with Gasteiger partial charge in [0.15, 0.2) is 0 Å². The molecule has 1 saturated carbocycles. The fraction of sp³-hybridized carbons (Fsp3) is 0.862. The Morgan fingerprint density at radius 2 is 1.64 bits per heavy atom. The summed E-state index contributed by atoms with van der Waals surface area (Å²) in [6.07, 6.45) is 20.6. The number of piperidine rings is 2. The average molecular weight is 498 g/mol. The van der Waals surface area contributed by atoms with Crippen molar-refractivity contribution in [3.8, 4) is 0 Å². The highest BCUT2D eigenvalue weighted by molar-refractivity contribution is 5.43. The number of hydrogen-bond acceptors (Lipinski definition) is 7. The highest BCUT2D eigenvalue weighted by atomic mass is 15.3. The molecule has 0 bridgehead atoms. The fourth-order valence-corrected chi connectivity index (χ4v) is 7.19. The second kappa shape index (κ2) is 13.9. The Kier molecular flexibility index (Phi) is 10.1. The molecule has 0 amide bonds. The molecule has 4 fully saturated rings. The van der Waals surface area contributed by atoms with Gasteiger partial charge in [0.1, 0.15) is 5.82 Å². The largest absolute Gasteiger partial charge is 0.356 e. The topological polar surface area (TPSA) is 68.4 Å². The van der Waals surface area contributed by atoms with Crippen molar-refractivity contribution in [2.24, 2.45) is 5.92 Å². The third-order valence-electron chi connectivity index (χ3n) is 9.26. The Morgan fingerprint density at radius 3 is 2.44 bits per heavy atom. The van der Waals surface area contributed by atoms with E-state index >= 15 is 0 Å². The van der Waals surface area contributed by atoms with Crippen molar-refractivity contribution < 1.29 is 0 Å². The number of hydrogen-bond donors (Lipinski definition) is 3. The second-order valence-corrected chi connectivity index (χ2v) is 11.8. The second-order valence-electron chi connectivity index (χ2n) is 11.8. The Hall–Kier alpha value is -1.44. The molecule has 3 N–H and O–H groups in total. The lowest BCUT2D eigenvalue weighted by Gasteiger charge is -2.47. The lowest BCUT2D eigenvalue weighted by atomic mass is 9.87. The molecule has 2 atom stereocenters. The molecule has 3 aliphatic heterocycles. The van der Waals surface area contributed by atoms with Gasteiger partial charge in [-0.25, -0.2) is 4.98 Å². The lowest BCUT2D eigenvalue weighted by molar-refractivity contribution is 0.0595. The van der Waals surface area contributed by atoms with Crippen LogP contribution < -0.4 is 20.9 Å². The molecule has 1 aromatic heterocycles. The average Bonchev–Trinajstić information content (AvgIpc) is 3.23. The summed E-state index contributed by atoms with van der Waals surface area (Å²) in [5.41, 5.74) is 0. The Bertz CT molecular complexity index is 754. The molecule has 4 heterocycles. The number of rotatable bonds is 9. The molecule has 7 heteroatoms. The van der Waals surface area contributed by atoms with E-state index in [0.29, 0.717) is 12.1 Å². The minimum Gasteiger partial charge on any atom is -0.356 e. The standard InChI is InChI=1S/C29H51N7/c1-2-7-21-35(20-6-1)28-15-19-32-29(34-28)33-26-11-8-22-36(25-9-4-3-5-10-25)27(26)14-18-31-23-24-12-16-30-17-13-24/h15,19,24-27,30-31H,1-14,16-18,20-23H2,(H,32,33,34)/t26-,27+/m0/s1. The van der Waals surface area contributed by atoms with Crippen LogP contribution in [0.1, 0.15) is 89.9 Å². The first-order valence-corrected chi connectivity index (χ1v) is 15.4. The molecule has 0 aromatic carbocycles. The minimum atomic E-state index is 0.431. The molecule has 7 nitrogen and oxygen atoms in total. The van der Waals surface area contributed by atoms with Crippen LogP contribution in [0.2, 0.25) is 0 Å². The zero-order valence-electron chi connectivity index (χ0n) is 22.6. The molecular formula is C29H51N7. The van der Waals surface area contributed by atoms with Crippen molar-refractivity contribution >= 4 is 11.8 Å². The maximum atomic E-state index is 5.03. The minimum absolute atomic E-state index is 0.431. The number of nitrogens with zero attached hydrogens (tertiary/aromatic N) is 4. The summed E-state index contributed by atoms with van der Waals surface area (Å²) in [6, 6.07) is 3.86. The van der Waals surface area contributed by atoms with E-state index < -0.39 is 0 Å². The summed E-state index contributed by atoms with van der Waals surface area (Å²) in [5, 5.41) is 11.2. The van der Waals surface area contributed by atoms with Gasteiger partial charge in [0.25, 0.3) is 0 Å². The van der Waals surface area contributed by atoms with E-state index in [0.717, 1.165) is 43.4 Å². The summed E-state index contributed by atoms with van der Waals surface area (Å²) in [7, 11) is 0. The summed E-state index contributed by atoms with van der Waals surface area (Å²) in [4.78, 5) is 15.1. The van der Waals surface area contributed by atoms with E-state index in [4.69, 9.17) is 9.97 Å². The van der Waals surface area contributed by atoms with Gasteiger partial charge < -0.3 is 20.9 Å². The van der Waals surface area contributed by atoms with Crippen LogP contribution in [0, 0.1) is 5.92 Å². The number of anilines is 2. The summed E-state index contributed by atoms with van der Waals surface area (Å²) in [5.74, 6) is 2.78. The molecule has 1 aliphatic carbocycles. The Balaban J connectivity index is 1.23. The number of nitrogens with one attached hydrogen (secondary N) is 3. The van der Waals surface area contributed by atoms with Crippen molar-refractivity contribution in [1.82, 2.24) is 25.5 Å². The number of likely N-dealkylation sites (tertiary alicyclic amines) is 1. The Labute approximate surface area is 219 Å². The van der Waals surface area contributed by atoms with Crippen molar-refractivity contribution in [2.45, 2.75) is 108 Å². The SMILES string of the molecule is c1cc(N2CCCCCC2)nc(N[C@H]2CCCN(C3CCCCC3)[C@@H]2CCNCC2CCNCC2)n1. The zero-order valence-corrected chi connectivity index (χ0v) is 22.6. The van der Waals surface area contributed by atoms with Gasteiger partial charge in [0.05, 0.1) is 0 Å². The first-order chi connectivity index (χ1) is 17.9. The Morgan fingerprint density at radius 1 is 0.861 bits per heavy atom. The van der Waals surface area contributed by atoms with E-state index in [-0.39, 0.29) is 0 Å². The molecule has 0 spiro atoms. The van der Waals surface area contributed by atoms with Crippen LogP contribution in [-0.4, -0.2) is 78.8 Å². The normalized spacial score (nSPS) is 27.6. The van der Waals surface area contributed by atoms with Crippen LogP contribution >= 0.6 is 0 Å². The molecule has 3 saturated heterocycles. The van der Waals surface area contributed by atoms with E-state index in [1.165, 1.54) is 116 Å². The predicted octanol–water partition coefficient (Wildman–Crippen LogP) is 4.41. The van der Waals surface area contributed by atoms with E-state index in [2.05, 4.69) is 31.8 Å². The molecule has 202 valence electrons. The summed E-state index contributed by atoms with van der Waals surface area (Å²) >= 11 is 0. The smallest absolute Gasteiger partial charge is 0.224 e. The van der Waals surface area contributed by atoms with E-state index in [1.807, 2.05) is 6.20 Å². The van der Waals surface area contributed by atoms with Crippen LogP contribution in [0.25, 0.3) is 0 Å². The summed E-state index contributed by atoms with van der Waals surface area (Å²) < 4.78 is 0. The quantitative estimate of drug-likeness (QED) is 0.437. The van der Waals surface area contributed by atoms with Crippen LogP contribution in [0.15, 0.2) is 12.3 Å². The van der Waals surface area contributed by atoms with Gasteiger partial charge in [-0.2, -0.15) is 4.98 Å². The van der Waals surface area contributed by atoms with Crippen molar-refractivity contribution in [3.63, 3.8) is 0 Å². The van der Waals surface area contributed by atoms with Crippen LogP contribution in [0.3, 0.4) is 0 Å². The van der Waals surface area contributed by atoms with Gasteiger partial charge in [0, 0.05) is 37.4 Å². The third-order valence-corrected chi connectivity index (χ3v) is 9.26. The molecule has 0 unspecified atom stereocenters. The predicted molar refractivity (Wildman–Crippen MR) is 150 cm³/mol. The van der Waals surface area contributed by atoms with Gasteiger partial charge in [-0.05, 0) is 102 Å². The maximum Gasteiger partial charge on any atom is 0.224 e. The lowest BCUT2D eigenvalue weighted by Crippen LogP contribution is -2.56. The van der Waals surface area contributed by atoms with Gasteiger partial charge in [-0.3, -0.25) is 4.90 Å². The van der Waals surface area contributed by atoms with E-state index in [1.54, 1.807) is 0 Å². The maximum absolute atomic E-state index is 5.03. The van der Waals surface area contributed by atoms with Crippen molar-refractivity contribution in [1.29, 1.82) is 0 Å². The summed E-state index contributed by atoms with van der Waals surface area (Å²) in [6.45, 7) is 8.18. The highest BCUT2D eigenvalue weighted by Gasteiger charge is 2.36. The molecule has 36 heavy (non-hydrogen) atoms. The van der Waals surface area contributed by atoms with E-state index in [9.17, 15) is 0 Å². The van der Waals surface area contributed by atoms with Gasteiger partial charge >= 0.3 is 0 Å². The number of aromatic nitrogens is 2. The van der Waals surface area contributed by atoms with Gasteiger partial charge in [0.2, 0.25) is 5.95 Å². The van der Waals surface area contributed by atoms with Crippen LogP contribution in [0.4, 0.5) is 11.8 Å². The van der Waals surface area contributed by atoms with Crippen LogP contribution in [-0.2, 0) is 0 Å². The molecule has 0 radical (unpaired) electrons. The molecule has 5 rings (SSSR count). The molecule has 4 aliphatic rings.